The Labute approximate surface area is 195 Å². The van der Waals surface area contributed by atoms with Gasteiger partial charge in [0.25, 0.3) is 10.0 Å². The molecule has 1 aliphatic heterocycles. The fourth-order valence-electron chi connectivity index (χ4n) is 3.43. The fraction of sp³-hybridized carbons (Fsp3) is 0.211. The molecule has 1 aliphatic rings. The van der Waals surface area contributed by atoms with E-state index in [1.54, 1.807) is 4.90 Å². The van der Waals surface area contributed by atoms with E-state index in [2.05, 4.69) is 14.1 Å². The van der Waals surface area contributed by atoms with E-state index in [4.69, 9.17) is 11.6 Å². The maximum Gasteiger partial charge on any atom is 0.416 e. The number of alkyl halides is 3. The first-order valence-electron chi connectivity index (χ1n) is 9.33. The van der Waals surface area contributed by atoms with E-state index >= 15 is 0 Å². The number of sulfonamides is 1. The Morgan fingerprint density at radius 1 is 1.12 bits per heavy atom. The van der Waals surface area contributed by atoms with Crippen molar-refractivity contribution in [2.45, 2.75) is 18.0 Å². The van der Waals surface area contributed by atoms with Gasteiger partial charge in [-0.3, -0.25) is 9.52 Å². The average molecular weight is 518 g/mol. The number of rotatable bonds is 4. The van der Waals surface area contributed by atoms with Gasteiger partial charge in [-0.1, -0.05) is 11.6 Å². The third kappa shape index (κ3) is 4.61. The smallest absolute Gasteiger partial charge is 0.337 e. The van der Waals surface area contributed by atoms with E-state index in [-0.39, 0.29) is 39.7 Å². The number of halogens is 4. The molecule has 8 nitrogen and oxygen atoms in total. The van der Waals surface area contributed by atoms with Crippen LogP contribution in [-0.2, 0) is 21.0 Å². The molecule has 33 heavy (non-hydrogen) atoms. The lowest BCUT2D eigenvalue weighted by Crippen LogP contribution is -2.41. The topological polar surface area (TPSA) is 95.5 Å². The second kappa shape index (κ2) is 8.47. The van der Waals surface area contributed by atoms with Gasteiger partial charge in [-0.15, -0.1) is 0 Å². The number of nitrogens with zero attached hydrogens (tertiary/aromatic N) is 4. The first kappa shape index (κ1) is 23.3. The Bertz CT molecular complexity index is 1320. The first-order chi connectivity index (χ1) is 15.5. The quantitative estimate of drug-likeness (QED) is 0.547. The highest BCUT2D eigenvalue weighted by molar-refractivity contribution is 7.93. The number of hydrogen-bond donors (Lipinski definition) is 1. The number of carbonyl (C=O) groups excluding carboxylic acids is 1. The van der Waals surface area contributed by atoms with Crippen molar-refractivity contribution in [3.05, 3.63) is 53.3 Å². The highest BCUT2D eigenvalue weighted by Crippen LogP contribution is 2.43. The lowest BCUT2D eigenvalue weighted by Gasteiger charge is -2.38. The highest BCUT2D eigenvalue weighted by atomic mass is 35.5. The largest absolute Gasteiger partial charge is 0.416 e. The Morgan fingerprint density at radius 2 is 1.85 bits per heavy atom. The summed E-state index contributed by atoms with van der Waals surface area (Å²) in [5.74, 6) is -0.318. The van der Waals surface area contributed by atoms with Gasteiger partial charge >= 0.3 is 6.18 Å². The van der Waals surface area contributed by atoms with Gasteiger partial charge in [0.15, 0.2) is 0 Å². The summed E-state index contributed by atoms with van der Waals surface area (Å²) in [7, 11) is -4.03. The van der Waals surface area contributed by atoms with Crippen molar-refractivity contribution in [1.29, 1.82) is 0 Å². The Balaban J connectivity index is 1.77. The summed E-state index contributed by atoms with van der Waals surface area (Å²) in [5, 5.41) is -0.0454. The zero-order valence-corrected chi connectivity index (χ0v) is 19.2. The summed E-state index contributed by atoms with van der Waals surface area (Å²) in [6.07, 6.45) is -3.34. The molecule has 0 aliphatic carbocycles. The summed E-state index contributed by atoms with van der Waals surface area (Å²) >= 11 is 7.04. The van der Waals surface area contributed by atoms with Crippen LogP contribution < -0.4 is 14.5 Å². The number of hydrogen-bond acceptors (Lipinski definition) is 7. The van der Waals surface area contributed by atoms with Crippen LogP contribution in [0.15, 0.2) is 47.6 Å². The van der Waals surface area contributed by atoms with Crippen molar-refractivity contribution in [3.8, 4) is 0 Å². The lowest BCUT2D eigenvalue weighted by molar-refractivity contribution is -0.137. The summed E-state index contributed by atoms with van der Waals surface area (Å²) in [6, 6.07) is 7.13. The summed E-state index contributed by atoms with van der Waals surface area (Å²) in [4.78, 5) is 18.9. The maximum absolute atomic E-state index is 13.0. The number of nitrogens with one attached hydrogen (secondary N) is 1. The van der Waals surface area contributed by atoms with Crippen LogP contribution in [0.25, 0.3) is 0 Å². The predicted molar refractivity (Wildman–Crippen MR) is 119 cm³/mol. The predicted octanol–water partition coefficient (Wildman–Crippen LogP) is 4.52. The van der Waals surface area contributed by atoms with E-state index in [1.165, 1.54) is 42.4 Å². The molecule has 0 saturated heterocycles. The second-order valence-electron chi connectivity index (χ2n) is 6.99. The summed E-state index contributed by atoms with van der Waals surface area (Å²) < 4.78 is 70.7. The second-order valence-corrected chi connectivity index (χ2v) is 9.86. The molecule has 3 aromatic rings. The van der Waals surface area contributed by atoms with Crippen molar-refractivity contribution >= 4 is 61.3 Å². The molecule has 2 heterocycles. The van der Waals surface area contributed by atoms with E-state index in [9.17, 15) is 26.4 Å². The van der Waals surface area contributed by atoms with Gasteiger partial charge < -0.3 is 9.80 Å². The normalized spacial score (nSPS) is 14.2. The Kier molecular flexibility index (Phi) is 5.97. The molecule has 0 fully saturated rings. The van der Waals surface area contributed by atoms with Crippen LogP contribution in [0.5, 0.6) is 0 Å². The van der Waals surface area contributed by atoms with E-state index in [1.807, 2.05) is 0 Å². The number of aromatic nitrogens is 2. The average Bonchev–Trinajstić information content (AvgIpc) is 3.24. The minimum absolute atomic E-state index is 0.0781. The fourth-order valence-corrected chi connectivity index (χ4v) is 5.39. The Hall–Kier alpha value is -2.90. The van der Waals surface area contributed by atoms with Crippen molar-refractivity contribution < 1.29 is 26.4 Å². The van der Waals surface area contributed by atoms with E-state index < -0.39 is 21.8 Å². The molecule has 1 N–H and O–H groups in total. The number of carbonyl (C=O) groups is 1. The molecule has 0 unspecified atom stereocenters. The van der Waals surface area contributed by atoms with Crippen LogP contribution in [0, 0.1) is 0 Å². The summed E-state index contributed by atoms with van der Waals surface area (Å²) in [6.45, 7) is 1.75. The van der Waals surface area contributed by atoms with Gasteiger partial charge in [-0.25, -0.2) is 13.4 Å². The molecule has 2 aromatic carbocycles. The molecule has 1 aromatic heterocycles. The first-order valence-corrected chi connectivity index (χ1v) is 12.0. The number of amides is 1. The van der Waals surface area contributed by atoms with E-state index in [0.717, 1.165) is 23.7 Å². The van der Waals surface area contributed by atoms with Crippen molar-refractivity contribution in [2.24, 2.45) is 0 Å². The molecule has 14 heteroatoms. The molecule has 0 bridgehead atoms. The zero-order valence-electron chi connectivity index (χ0n) is 16.8. The van der Waals surface area contributed by atoms with Crippen molar-refractivity contribution in [3.63, 3.8) is 0 Å². The molecule has 1 amide bonds. The lowest BCUT2D eigenvalue weighted by atomic mass is 10.1. The Morgan fingerprint density at radius 3 is 2.45 bits per heavy atom. The third-order valence-corrected chi connectivity index (χ3v) is 7.26. The molecule has 0 radical (unpaired) electrons. The highest BCUT2D eigenvalue weighted by Gasteiger charge is 2.33. The van der Waals surface area contributed by atoms with Crippen LogP contribution in [0.1, 0.15) is 12.5 Å². The van der Waals surface area contributed by atoms with Gasteiger partial charge in [-0.05, 0) is 36.4 Å². The molecule has 4 rings (SSSR count). The number of fused-ring (bicyclic) bond motifs is 1. The van der Waals surface area contributed by atoms with Gasteiger partial charge in [0, 0.05) is 31.5 Å². The monoisotopic (exact) mass is 517 g/mol. The van der Waals surface area contributed by atoms with Crippen LogP contribution in [0.3, 0.4) is 0 Å². The van der Waals surface area contributed by atoms with Gasteiger partial charge in [0.2, 0.25) is 11.0 Å². The van der Waals surface area contributed by atoms with Crippen LogP contribution in [0.4, 0.5) is 35.4 Å². The van der Waals surface area contributed by atoms with Crippen molar-refractivity contribution in [1.82, 2.24) is 9.36 Å². The molecule has 174 valence electrons. The minimum atomic E-state index is -4.55. The van der Waals surface area contributed by atoms with Crippen LogP contribution in [0.2, 0.25) is 5.02 Å². The number of anilines is 4. The van der Waals surface area contributed by atoms with Crippen LogP contribution >= 0.6 is 23.1 Å². The van der Waals surface area contributed by atoms with Crippen molar-refractivity contribution in [2.75, 3.05) is 27.6 Å². The minimum Gasteiger partial charge on any atom is -0.337 e. The molecule has 0 saturated carbocycles. The van der Waals surface area contributed by atoms with Gasteiger partial charge in [0.1, 0.15) is 6.33 Å². The third-order valence-electron chi connectivity index (χ3n) is 4.91. The van der Waals surface area contributed by atoms with Crippen LogP contribution in [-0.4, -0.2) is 36.8 Å². The van der Waals surface area contributed by atoms with E-state index in [0.29, 0.717) is 11.4 Å². The van der Waals surface area contributed by atoms with Gasteiger partial charge in [0.05, 0.1) is 32.5 Å². The molecule has 0 atom stereocenters. The zero-order chi connectivity index (χ0) is 24.0. The standard InChI is InChI=1S/C19H15ClF3N5O3S2/c1-11(29)27-6-7-28(15-4-2-12(8-14(15)20)19(21,22)23)16-5-3-13(9-17(16)27)33(30,31)26-18-24-10-25-32-18/h2-5,8-10H,6-7H2,1H3,(H,24,25,26). The SMILES string of the molecule is CC(=O)N1CCN(c2ccc(C(F)(F)F)cc2Cl)c2ccc(S(=O)(=O)Nc3ncns3)cc21. The molecule has 0 spiro atoms. The maximum atomic E-state index is 13.0. The summed E-state index contributed by atoms with van der Waals surface area (Å²) in [5.41, 5.74) is 0.123. The molecular weight excluding hydrogens is 503 g/mol. The molecular formula is C19H15ClF3N5O3S2. The number of benzene rings is 2. The van der Waals surface area contributed by atoms with Gasteiger partial charge in [-0.2, -0.15) is 17.5 Å².